The molecule has 1 aromatic carbocycles. The molecule has 0 aliphatic heterocycles. The van der Waals surface area contributed by atoms with E-state index in [9.17, 15) is 8.78 Å². The first-order valence-electron chi connectivity index (χ1n) is 5.77. The molecule has 0 saturated heterocycles. The lowest BCUT2D eigenvalue weighted by Crippen LogP contribution is -1.92. The highest BCUT2D eigenvalue weighted by molar-refractivity contribution is 5.92. The average molecular weight is 264 g/mol. The van der Waals surface area contributed by atoms with Crippen LogP contribution in [0.2, 0.25) is 0 Å². The lowest BCUT2D eigenvalue weighted by molar-refractivity contribution is 0.440. The lowest BCUT2D eigenvalue weighted by atomic mass is 10.2. The molecule has 3 nitrogen and oxygen atoms in total. The molecule has 1 aromatic heterocycles. The van der Waals surface area contributed by atoms with E-state index in [0.29, 0.717) is 5.69 Å². The van der Waals surface area contributed by atoms with Crippen molar-refractivity contribution in [1.82, 2.24) is 4.98 Å². The van der Waals surface area contributed by atoms with E-state index in [0.717, 1.165) is 11.8 Å². The van der Waals surface area contributed by atoms with Crippen molar-refractivity contribution >= 4 is 16.6 Å². The third-order valence-corrected chi connectivity index (χ3v) is 2.76. The first-order chi connectivity index (χ1) is 9.02. The number of aliphatic imine (C=N–C) groups is 1. The van der Waals surface area contributed by atoms with Gasteiger partial charge in [0.25, 0.3) is 0 Å². The fraction of sp³-hybridized carbons (Fsp3) is 0.214. The van der Waals surface area contributed by atoms with Crippen LogP contribution in [-0.4, -0.2) is 17.7 Å². The van der Waals surface area contributed by atoms with Crippen molar-refractivity contribution in [2.75, 3.05) is 7.05 Å². The van der Waals surface area contributed by atoms with Crippen LogP contribution in [0.4, 0.5) is 8.78 Å². The van der Waals surface area contributed by atoms with Gasteiger partial charge in [0.15, 0.2) is 17.4 Å². The SMILES string of the molecule is CN=C(C)/C=C/Oc1cc(F)c2[nH]c(C)cc2c1F. The number of ether oxygens (including phenoxy) is 1. The number of hydrogen-bond acceptors (Lipinski definition) is 2. The van der Waals surface area contributed by atoms with Crippen molar-refractivity contribution in [3.8, 4) is 5.75 Å². The predicted molar refractivity (Wildman–Crippen MR) is 71.8 cm³/mol. The molecule has 1 N–H and O–H groups in total. The number of nitrogens with zero attached hydrogens (tertiary/aromatic N) is 1. The quantitative estimate of drug-likeness (QED) is 0.665. The van der Waals surface area contributed by atoms with Gasteiger partial charge in [-0.15, -0.1) is 0 Å². The van der Waals surface area contributed by atoms with Crippen molar-refractivity contribution in [2.45, 2.75) is 13.8 Å². The van der Waals surface area contributed by atoms with E-state index < -0.39 is 11.6 Å². The van der Waals surface area contributed by atoms with Crippen LogP contribution in [0.25, 0.3) is 10.9 Å². The smallest absolute Gasteiger partial charge is 0.175 e. The van der Waals surface area contributed by atoms with Gasteiger partial charge in [0.2, 0.25) is 0 Å². The Morgan fingerprint density at radius 3 is 2.79 bits per heavy atom. The molecule has 0 aliphatic carbocycles. The van der Waals surface area contributed by atoms with Crippen LogP contribution in [0.15, 0.2) is 29.5 Å². The van der Waals surface area contributed by atoms with E-state index in [1.807, 2.05) is 0 Å². The summed E-state index contributed by atoms with van der Waals surface area (Å²) in [5, 5.41) is 0.182. The fourth-order valence-electron chi connectivity index (χ4n) is 1.70. The van der Waals surface area contributed by atoms with Crippen molar-refractivity contribution in [1.29, 1.82) is 0 Å². The zero-order chi connectivity index (χ0) is 14.0. The van der Waals surface area contributed by atoms with Crippen LogP contribution < -0.4 is 4.74 Å². The van der Waals surface area contributed by atoms with Gasteiger partial charge in [-0.1, -0.05) is 0 Å². The average Bonchev–Trinajstić information content (AvgIpc) is 2.77. The number of aryl methyl sites for hydroxylation is 1. The van der Waals surface area contributed by atoms with Crippen LogP contribution >= 0.6 is 0 Å². The third kappa shape index (κ3) is 2.65. The van der Waals surface area contributed by atoms with Crippen molar-refractivity contribution in [2.24, 2.45) is 4.99 Å². The molecule has 5 heteroatoms. The maximum atomic E-state index is 14.1. The van der Waals surface area contributed by atoms with Crippen molar-refractivity contribution < 1.29 is 13.5 Å². The Hall–Kier alpha value is -2.17. The molecule has 0 atom stereocenters. The highest BCUT2D eigenvalue weighted by Crippen LogP contribution is 2.29. The van der Waals surface area contributed by atoms with Crippen molar-refractivity contribution in [3.63, 3.8) is 0 Å². The summed E-state index contributed by atoms with van der Waals surface area (Å²) in [4.78, 5) is 6.66. The molecule has 0 amide bonds. The minimum Gasteiger partial charge on any atom is -0.462 e. The maximum Gasteiger partial charge on any atom is 0.175 e. The minimum atomic E-state index is -0.587. The largest absolute Gasteiger partial charge is 0.462 e. The zero-order valence-electron chi connectivity index (χ0n) is 10.9. The summed E-state index contributed by atoms with van der Waals surface area (Å²) in [5.74, 6) is -1.28. The number of nitrogens with one attached hydrogen (secondary N) is 1. The predicted octanol–water partition coefficient (Wildman–Crippen LogP) is 3.74. The van der Waals surface area contributed by atoms with E-state index in [-0.39, 0.29) is 16.7 Å². The van der Waals surface area contributed by atoms with Gasteiger partial charge >= 0.3 is 0 Å². The van der Waals surface area contributed by atoms with Gasteiger partial charge in [-0.3, -0.25) is 4.99 Å². The summed E-state index contributed by atoms with van der Waals surface area (Å²) in [6.07, 6.45) is 2.86. The number of rotatable bonds is 3. The van der Waals surface area contributed by atoms with Gasteiger partial charge < -0.3 is 9.72 Å². The molecular weight excluding hydrogens is 250 g/mol. The molecule has 0 fully saturated rings. The normalized spacial score (nSPS) is 12.6. The molecule has 0 spiro atoms. The molecule has 2 aromatic rings. The number of benzene rings is 1. The van der Waals surface area contributed by atoms with Gasteiger partial charge in [0.1, 0.15) is 0 Å². The second kappa shape index (κ2) is 5.22. The van der Waals surface area contributed by atoms with E-state index in [1.165, 1.54) is 6.26 Å². The Kier molecular flexibility index (Phi) is 3.64. The lowest BCUT2D eigenvalue weighted by Gasteiger charge is -2.04. The van der Waals surface area contributed by atoms with E-state index in [1.54, 1.807) is 33.0 Å². The fourth-order valence-corrected chi connectivity index (χ4v) is 1.70. The number of halogens is 2. The number of allylic oxidation sites excluding steroid dienone is 1. The summed E-state index contributed by atoms with van der Waals surface area (Å²) in [6, 6.07) is 2.57. The Bertz CT molecular complexity index is 672. The molecule has 0 bridgehead atoms. The van der Waals surface area contributed by atoms with Crippen LogP contribution in [0, 0.1) is 18.6 Å². The molecule has 0 aliphatic rings. The summed E-state index contributed by atoms with van der Waals surface area (Å²) in [7, 11) is 1.63. The first-order valence-corrected chi connectivity index (χ1v) is 5.77. The van der Waals surface area contributed by atoms with Crippen LogP contribution in [0.3, 0.4) is 0 Å². The number of H-pyrrole nitrogens is 1. The number of aromatic amines is 1. The van der Waals surface area contributed by atoms with Crippen LogP contribution in [0.5, 0.6) is 5.75 Å². The highest BCUT2D eigenvalue weighted by atomic mass is 19.1. The minimum absolute atomic E-state index is 0.149. The topological polar surface area (TPSA) is 37.4 Å². The Morgan fingerprint density at radius 1 is 1.37 bits per heavy atom. The van der Waals surface area contributed by atoms with E-state index in [4.69, 9.17) is 4.74 Å². The Morgan fingerprint density at radius 2 is 2.11 bits per heavy atom. The van der Waals surface area contributed by atoms with Gasteiger partial charge in [0, 0.05) is 29.9 Å². The van der Waals surface area contributed by atoms with Gasteiger partial charge in [0.05, 0.1) is 11.8 Å². The number of fused-ring (bicyclic) bond motifs is 1. The molecule has 0 radical (unpaired) electrons. The van der Waals surface area contributed by atoms with Gasteiger partial charge in [-0.05, 0) is 26.0 Å². The molecule has 100 valence electrons. The van der Waals surface area contributed by atoms with E-state index in [2.05, 4.69) is 9.98 Å². The summed E-state index contributed by atoms with van der Waals surface area (Å²) < 4.78 is 33.0. The molecule has 0 saturated carbocycles. The summed E-state index contributed by atoms with van der Waals surface area (Å²) in [5.41, 5.74) is 1.56. The van der Waals surface area contributed by atoms with Crippen LogP contribution in [-0.2, 0) is 0 Å². The molecule has 1 heterocycles. The number of hydrogen-bond donors (Lipinski definition) is 1. The van der Waals surface area contributed by atoms with Gasteiger partial charge in [-0.2, -0.15) is 0 Å². The standard InChI is InChI=1S/C14H14F2N2O/c1-8(17-3)4-5-19-12-7-11(15)14-10(13(12)16)6-9(2)18-14/h4-7,18H,1-3H3/b5-4+,17-8?. The second-order valence-electron chi connectivity index (χ2n) is 4.20. The Balaban J connectivity index is 2.39. The van der Waals surface area contributed by atoms with Crippen molar-refractivity contribution in [3.05, 3.63) is 41.8 Å². The maximum absolute atomic E-state index is 14.1. The molecule has 0 unspecified atom stereocenters. The third-order valence-electron chi connectivity index (χ3n) is 2.76. The second-order valence-corrected chi connectivity index (χ2v) is 4.20. The van der Waals surface area contributed by atoms with Gasteiger partial charge in [-0.25, -0.2) is 8.78 Å². The van der Waals surface area contributed by atoms with E-state index >= 15 is 0 Å². The summed E-state index contributed by atoms with van der Waals surface area (Å²) in [6.45, 7) is 3.51. The monoisotopic (exact) mass is 264 g/mol. The highest BCUT2D eigenvalue weighted by Gasteiger charge is 2.14. The first kappa shape index (κ1) is 13.3. The molecule has 2 rings (SSSR count). The molecular formula is C14H14F2N2O. The zero-order valence-corrected chi connectivity index (χ0v) is 10.9. The Labute approximate surface area is 109 Å². The summed E-state index contributed by atoms with van der Waals surface area (Å²) >= 11 is 0. The number of aromatic nitrogens is 1. The van der Waals surface area contributed by atoms with Crippen LogP contribution in [0.1, 0.15) is 12.6 Å². The molecule has 19 heavy (non-hydrogen) atoms.